The average Bonchev–Trinajstić information content (AvgIpc) is 3.02. The molecule has 0 saturated carbocycles. The summed E-state index contributed by atoms with van der Waals surface area (Å²) in [4.78, 5) is 61.2. The zero-order chi connectivity index (χ0) is 33.6. The van der Waals surface area contributed by atoms with E-state index in [1.165, 1.54) is 7.11 Å². The van der Waals surface area contributed by atoms with Crippen molar-refractivity contribution in [3.63, 3.8) is 0 Å². The molecule has 0 saturated heterocycles. The summed E-state index contributed by atoms with van der Waals surface area (Å²) in [7, 11) is 1.33. The predicted octanol–water partition coefficient (Wildman–Crippen LogP) is 1.75. The molecule has 0 aliphatic rings. The fraction of sp³-hybridized carbons (Fsp3) is 0.844. The van der Waals surface area contributed by atoms with Crippen molar-refractivity contribution in [2.75, 3.05) is 72.9 Å². The number of unbranched alkanes of at least 4 members (excludes halogenated alkanes) is 3. The molecule has 0 aromatic carbocycles. The molecule has 7 N–H and O–H groups in total. The van der Waals surface area contributed by atoms with Crippen LogP contribution in [0.5, 0.6) is 0 Å². The van der Waals surface area contributed by atoms with Gasteiger partial charge in [0.2, 0.25) is 5.91 Å². The van der Waals surface area contributed by atoms with Crippen LogP contribution in [-0.2, 0) is 42.9 Å². The Morgan fingerprint density at radius 1 is 0.556 bits per heavy atom. The van der Waals surface area contributed by atoms with Gasteiger partial charge in [0.05, 0.1) is 46.8 Å². The van der Waals surface area contributed by atoms with E-state index in [1.807, 2.05) is 0 Å². The Kier molecular flexibility index (Phi) is 27.7. The van der Waals surface area contributed by atoms with Crippen LogP contribution in [0.25, 0.3) is 0 Å². The average molecular weight is 645 g/mol. The smallest absolute Gasteiger partial charge is 0.305 e. The number of amides is 1. The second-order valence-electron chi connectivity index (χ2n) is 11.5. The standard InChI is InChI=1S/C32H60N4O9/c1-42-31(41)12-3-2-11-29(39)23-32(24-43-20-13-27(37)9-4-6-16-33,25-44-21-14-28(38)10-5-7-17-34)26-45-22-15-30(40)36-19-8-18-35/h2-26,33-35H2,1H3,(H,36,40). The summed E-state index contributed by atoms with van der Waals surface area (Å²) in [6.07, 6.45) is 6.80. The first-order valence-corrected chi connectivity index (χ1v) is 16.4. The van der Waals surface area contributed by atoms with E-state index in [0.29, 0.717) is 58.3 Å². The molecular weight excluding hydrogens is 584 g/mol. The number of nitrogens with two attached hydrogens (primary N) is 3. The van der Waals surface area contributed by atoms with E-state index in [0.717, 1.165) is 25.7 Å². The number of hydrogen-bond acceptors (Lipinski definition) is 12. The van der Waals surface area contributed by atoms with Gasteiger partial charge in [-0.15, -0.1) is 0 Å². The fourth-order valence-electron chi connectivity index (χ4n) is 4.48. The summed E-state index contributed by atoms with van der Waals surface area (Å²) in [6, 6.07) is 0. The number of ketones is 3. The molecule has 1 amide bonds. The van der Waals surface area contributed by atoms with Crippen LogP contribution >= 0.6 is 0 Å². The third kappa shape index (κ3) is 25.6. The van der Waals surface area contributed by atoms with Gasteiger partial charge in [-0.05, 0) is 64.6 Å². The lowest BCUT2D eigenvalue weighted by Gasteiger charge is -2.33. The molecule has 0 rings (SSSR count). The van der Waals surface area contributed by atoms with E-state index in [9.17, 15) is 24.0 Å². The first-order chi connectivity index (χ1) is 21.7. The molecule has 0 aliphatic heterocycles. The van der Waals surface area contributed by atoms with Crippen LogP contribution in [0.2, 0.25) is 0 Å². The highest BCUT2D eigenvalue weighted by Gasteiger charge is 2.34. The lowest BCUT2D eigenvalue weighted by atomic mass is 9.84. The van der Waals surface area contributed by atoms with Crippen LogP contribution in [0, 0.1) is 5.41 Å². The van der Waals surface area contributed by atoms with Crippen molar-refractivity contribution in [2.24, 2.45) is 22.6 Å². The summed E-state index contributed by atoms with van der Waals surface area (Å²) in [5.74, 6) is -0.376. The number of nitrogens with one attached hydrogen (secondary N) is 1. The summed E-state index contributed by atoms with van der Waals surface area (Å²) < 4.78 is 22.5. The van der Waals surface area contributed by atoms with Gasteiger partial charge in [0, 0.05) is 63.3 Å². The minimum absolute atomic E-state index is 0.0501. The summed E-state index contributed by atoms with van der Waals surface area (Å²) in [5.41, 5.74) is 15.6. The number of carbonyl (C=O) groups is 5. The Bertz CT molecular complexity index is 752. The van der Waals surface area contributed by atoms with Gasteiger partial charge in [-0.3, -0.25) is 24.0 Å². The van der Waals surface area contributed by atoms with E-state index in [-0.39, 0.29) is 107 Å². The third-order valence-electron chi connectivity index (χ3n) is 7.16. The highest BCUT2D eigenvalue weighted by Crippen LogP contribution is 2.27. The second kappa shape index (κ2) is 29.1. The predicted molar refractivity (Wildman–Crippen MR) is 171 cm³/mol. The zero-order valence-corrected chi connectivity index (χ0v) is 27.6. The molecule has 0 aliphatic carbocycles. The minimum atomic E-state index is -0.902. The van der Waals surface area contributed by atoms with Crippen molar-refractivity contribution in [1.29, 1.82) is 0 Å². The van der Waals surface area contributed by atoms with E-state index in [1.54, 1.807) is 0 Å². The van der Waals surface area contributed by atoms with Crippen molar-refractivity contribution in [1.82, 2.24) is 5.32 Å². The number of methoxy groups -OCH3 is 1. The molecule has 13 nitrogen and oxygen atoms in total. The quantitative estimate of drug-likeness (QED) is 0.0594. The van der Waals surface area contributed by atoms with Gasteiger partial charge in [0.25, 0.3) is 0 Å². The number of ether oxygens (including phenoxy) is 4. The SMILES string of the molecule is COC(=O)CCCCC(=O)CC(COCCC(=O)CCCCN)(COCCC(=O)CCCCN)COCCC(=O)NCCCN. The molecule has 0 unspecified atom stereocenters. The van der Waals surface area contributed by atoms with Gasteiger partial charge in [0.15, 0.2) is 0 Å². The van der Waals surface area contributed by atoms with Gasteiger partial charge in [-0.25, -0.2) is 0 Å². The zero-order valence-electron chi connectivity index (χ0n) is 27.6. The Balaban J connectivity index is 5.41. The van der Waals surface area contributed by atoms with Crippen molar-refractivity contribution in [3.05, 3.63) is 0 Å². The van der Waals surface area contributed by atoms with Gasteiger partial charge in [-0.1, -0.05) is 0 Å². The second-order valence-corrected chi connectivity index (χ2v) is 11.5. The molecule has 262 valence electrons. The number of hydrogen-bond donors (Lipinski definition) is 4. The molecule has 0 spiro atoms. The first-order valence-electron chi connectivity index (χ1n) is 16.4. The van der Waals surface area contributed by atoms with E-state index >= 15 is 0 Å². The van der Waals surface area contributed by atoms with Crippen molar-refractivity contribution < 1.29 is 42.9 Å². The molecular formula is C32H60N4O9. The number of Topliss-reactive ketones (excluding diaryl/α,β-unsaturated/α-hetero) is 3. The normalized spacial score (nSPS) is 11.4. The van der Waals surface area contributed by atoms with Crippen LogP contribution < -0.4 is 22.5 Å². The lowest BCUT2D eigenvalue weighted by molar-refractivity contribution is -0.141. The summed E-state index contributed by atoms with van der Waals surface area (Å²) in [5, 5.41) is 2.78. The highest BCUT2D eigenvalue weighted by molar-refractivity contribution is 5.80. The van der Waals surface area contributed by atoms with E-state index < -0.39 is 5.41 Å². The molecule has 0 aromatic heterocycles. The van der Waals surface area contributed by atoms with Crippen LogP contribution in [0.15, 0.2) is 0 Å². The Labute approximate surface area is 269 Å². The van der Waals surface area contributed by atoms with Gasteiger partial charge in [0.1, 0.15) is 17.3 Å². The molecule has 0 bridgehead atoms. The number of carbonyl (C=O) groups excluding carboxylic acids is 5. The number of rotatable bonds is 33. The van der Waals surface area contributed by atoms with Crippen LogP contribution in [0.1, 0.15) is 96.3 Å². The Hall–Kier alpha value is -2.29. The summed E-state index contributed by atoms with van der Waals surface area (Å²) >= 11 is 0. The van der Waals surface area contributed by atoms with E-state index in [2.05, 4.69) is 10.1 Å². The molecule has 0 fully saturated rings. The molecule has 0 heterocycles. The highest BCUT2D eigenvalue weighted by atomic mass is 16.5. The largest absolute Gasteiger partial charge is 0.469 e. The van der Waals surface area contributed by atoms with Gasteiger partial charge in [-0.2, -0.15) is 0 Å². The van der Waals surface area contributed by atoms with Crippen molar-refractivity contribution in [3.8, 4) is 0 Å². The first kappa shape index (κ1) is 42.7. The van der Waals surface area contributed by atoms with E-state index in [4.69, 9.17) is 31.4 Å². The summed E-state index contributed by atoms with van der Waals surface area (Å²) in [6.45, 7) is 2.79. The fourth-order valence-corrected chi connectivity index (χ4v) is 4.48. The van der Waals surface area contributed by atoms with Gasteiger partial charge >= 0.3 is 5.97 Å². The van der Waals surface area contributed by atoms with Crippen molar-refractivity contribution >= 4 is 29.2 Å². The Morgan fingerprint density at radius 2 is 1.00 bits per heavy atom. The Morgan fingerprint density at radius 3 is 1.49 bits per heavy atom. The van der Waals surface area contributed by atoms with Crippen molar-refractivity contribution in [2.45, 2.75) is 96.3 Å². The van der Waals surface area contributed by atoms with Crippen LogP contribution in [0.4, 0.5) is 0 Å². The number of esters is 1. The molecule has 45 heavy (non-hydrogen) atoms. The molecule has 0 radical (unpaired) electrons. The maximum absolute atomic E-state index is 13.1. The topological polar surface area (TPSA) is 212 Å². The van der Waals surface area contributed by atoms with Gasteiger partial charge < -0.3 is 41.5 Å². The lowest BCUT2D eigenvalue weighted by Crippen LogP contribution is -2.40. The monoisotopic (exact) mass is 644 g/mol. The maximum atomic E-state index is 13.1. The molecule has 0 atom stereocenters. The minimum Gasteiger partial charge on any atom is -0.469 e. The third-order valence-corrected chi connectivity index (χ3v) is 7.16. The van der Waals surface area contributed by atoms with Crippen LogP contribution in [-0.4, -0.2) is 102 Å². The molecule has 13 heteroatoms. The maximum Gasteiger partial charge on any atom is 0.305 e. The molecule has 0 aromatic rings. The van der Waals surface area contributed by atoms with Crippen LogP contribution in [0.3, 0.4) is 0 Å².